The average molecular weight is 426 g/mol. The topological polar surface area (TPSA) is 61.4 Å². The molecule has 3 N–H and O–H groups in total. The molecule has 167 valence electrons. The Kier molecular flexibility index (Phi) is 15.1. The van der Waals surface area contributed by atoms with Gasteiger partial charge in [0.25, 0.3) is 5.91 Å². The van der Waals surface area contributed by atoms with Gasteiger partial charge in [0.1, 0.15) is 0 Å². The Bertz CT molecular complexity index is 572. The predicted octanol–water partition coefficient (Wildman–Crippen LogP) is 5.56. The van der Waals surface area contributed by atoms with E-state index in [1.54, 1.807) is 0 Å². The summed E-state index contributed by atoms with van der Waals surface area (Å²) in [4.78, 5) is 12.6. The second kappa shape index (κ2) is 15.7. The molecule has 1 aliphatic rings. The van der Waals surface area contributed by atoms with Gasteiger partial charge >= 0.3 is 0 Å². The van der Waals surface area contributed by atoms with Gasteiger partial charge in [-0.25, -0.2) is 0 Å². The van der Waals surface area contributed by atoms with Crippen LogP contribution in [0.25, 0.3) is 0 Å². The summed E-state index contributed by atoms with van der Waals surface area (Å²) >= 11 is 6.27. The van der Waals surface area contributed by atoms with Gasteiger partial charge in [0, 0.05) is 12.6 Å². The smallest absolute Gasteiger partial charge is 0.252 e. The van der Waals surface area contributed by atoms with Crippen LogP contribution < -0.4 is 10.6 Å². The van der Waals surface area contributed by atoms with E-state index in [1.165, 1.54) is 38.0 Å². The zero-order valence-corrected chi connectivity index (χ0v) is 17.3. The highest BCUT2D eigenvalue weighted by Gasteiger charge is 2.16. The molecule has 0 saturated heterocycles. The van der Waals surface area contributed by atoms with E-state index in [0.717, 1.165) is 37.8 Å². The number of nitrogens with one attached hydrogen (secondary N) is 2. The van der Waals surface area contributed by atoms with Gasteiger partial charge in [-0.1, -0.05) is 64.6 Å². The Labute approximate surface area is 183 Å². The summed E-state index contributed by atoms with van der Waals surface area (Å²) in [7, 11) is 0. The fourth-order valence-electron chi connectivity index (χ4n) is 3.49. The molecule has 29 heavy (non-hydrogen) atoms. The molecule has 4 nitrogen and oxygen atoms in total. The quantitative estimate of drug-likeness (QED) is 0.453. The first-order valence-corrected chi connectivity index (χ1v) is 10.7. The lowest BCUT2D eigenvalue weighted by Gasteiger charge is -2.19. The van der Waals surface area contributed by atoms with E-state index in [-0.39, 0.29) is 33.4 Å². The van der Waals surface area contributed by atoms with Gasteiger partial charge in [0.2, 0.25) is 0 Å². The first-order valence-electron chi connectivity index (χ1n) is 10.3. The molecule has 1 saturated carbocycles. The highest BCUT2D eigenvalue weighted by Crippen LogP contribution is 2.24. The molecule has 1 aromatic rings. The van der Waals surface area contributed by atoms with Crippen molar-refractivity contribution in [1.29, 1.82) is 0 Å². The number of carbonyl (C=O) groups excluding carboxylic acids is 1. The van der Waals surface area contributed by atoms with Crippen molar-refractivity contribution in [3.63, 3.8) is 0 Å². The Hall–Kier alpha value is -1.10. The van der Waals surface area contributed by atoms with Crippen LogP contribution in [0.5, 0.6) is 0 Å². The largest absolute Gasteiger partial charge is 0.395 e. The van der Waals surface area contributed by atoms with Crippen molar-refractivity contribution in [3.8, 4) is 0 Å². The van der Waals surface area contributed by atoms with E-state index >= 15 is 0 Å². The van der Waals surface area contributed by atoms with Crippen LogP contribution in [0.4, 0.5) is 0 Å². The number of carbonyl (C=O) groups is 1. The van der Waals surface area contributed by atoms with Crippen LogP contribution in [0.3, 0.4) is 0 Å². The van der Waals surface area contributed by atoms with Gasteiger partial charge < -0.3 is 15.7 Å². The van der Waals surface area contributed by atoms with Crippen molar-refractivity contribution in [1.82, 2.24) is 10.6 Å². The van der Waals surface area contributed by atoms with Crippen molar-refractivity contribution in [2.45, 2.75) is 85.6 Å². The monoisotopic (exact) mass is 425 g/mol. The minimum absolute atomic E-state index is 0. The summed E-state index contributed by atoms with van der Waals surface area (Å²) in [6, 6.07) is 5.83. The third-order valence-electron chi connectivity index (χ3n) is 5.24. The molecular formula is C24H42ClN2O2. The van der Waals surface area contributed by atoms with Gasteiger partial charge in [0.05, 0.1) is 17.2 Å². The van der Waals surface area contributed by atoms with E-state index in [4.69, 9.17) is 16.7 Å². The number of aliphatic hydroxyl groups is 1. The first kappa shape index (κ1) is 27.9. The molecule has 2 rings (SSSR count). The molecule has 1 aliphatic carbocycles. The average Bonchev–Trinajstić information content (AvgIpc) is 2.65. The van der Waals surface area contributed by atoms with Gasteiger partial charge in [-0.2, -0.15) is 0 Å². The number of aryl methyl sites for hydroxylation is 1. The first-order chi connectivity index (χ1) is 13.1. The van der Waals surface area contributed by atoms with Crippen LogP contribution >= 0.6 is 11.6 Å². The van der Waals surface area contributed by atoms with E-state index in [0.29, 0.717) is 17.1 Å². The normalized spacial score (nSPS) is 16.0. The number of hydrogen-bond acceptors (Lipinski definition) is 3. The highest BCUT2D eigenvalue weighted by molar-refractivity contribution is 6.33. The zero-order chi connectivity index (χ0) is 19.5. The number of aliphatic hydroxyl groups excluding tert-OH is 1. The maximum absolute atomic E-state index is 12.6. The number of hydrogen-bond donors (Lipinski definition) is 3. The second-order valence-corrected chi connectivity index (χ2v) is 8.06. The van der Waals surface area contributed by atoms with Gasteiger partial charge in [0.15, 0.2) is 0 Å². The molecule has 1 amide bonds. The second-order valence-electron chi connectivity index (χ2n) is 7.66. The molecule has 1 fully saturated rings. The lowest BCUT2D eigenvalue weighted by molar-refractivity contribution is 0.0954. The lowest BCUT2D eigenvalue weighted by atomic mass is 9.91. The van der Waals surface area contributed by atoms with Gasteiger partial charge in [-0.05, 0) is 62.8 Å². The van der Waals surface area contributed by atoms with Crippen LogP contribution in [0.1, 0.15) is 89.1 Å². The Balaban J connectivity index is 0.00000392. The fourth-order valence-corrected chi connectivity index (χ4v) is 3.69. The summed E-state index contributed by atoms with van der Waals surface area (Å²) in [5.74, 6) is 1.38. The fraction of sp³-hybridized carbons (Fsp3) is 0.667. The number of benzene rings is 1. The molecule has 1 unspecified atom stereocenters. The molecular weight excluding hydrogens is 384 g/mol. The molecule has 0 heterocycles. The number of halogens is 1. The summed E-state index contributed by atoms with van der Waals surface area (Å²) in [5.41, 5.74) is 1.68. The third kappa shape index (κ3) is 10.5. The molecule has 1 atom stereocenters. The summed E-state index contributed by atoms with van der Waals surface area (Å²) < 4.78 is 0. The van der Waals surface area contributed by atoms with Crippen LogP contribution in [0.2, 0.25) is 5.02 Å². The van der Waals surface area contributed by atoms with Crippen LogP contribution in [-0.2, 0) is 6.42 Å². The van der Waals surface area contributed by atoms with Crippen LogP contribution in [-0.4, -0.2) is 36.8 Å². The third-order valence-corrected chi connectivity index (χ3v) is 5.57. The Morgan fingerprint density at radius 2 is 1.79 bits per heavy atom. The number of rotatable bonds is 9. The molecule has 5 heteroatoms. The van der Waals surface area contributed by atoms with E-state index in [9.17, 15) is 4.79 Å². The molecule has 0 aromatic heterocycles. The maximum Gasteiger partial charge on any atom is 0.252 e. The van der Waals surface area contributed by atoms with E-state index < -0.39 is 0 Å². The summed E-state index contributed by atoms with van der Waals surface area (Å²) in [6.07, 6.45) is 10.5. The standard InChI is InChI=1S/C22H34ClN2O2.2CH4/c1-17(16-26)24-13-7-10-18-11-12-21(23)20(14-18)22(27)25-15-19-8-5-3-2-4-6-9-19;;/h11-12,14,17,24,26H,2-10,13,15-16H2,1H3,(H,25,27);2*1H4. The summed E-state index contributed by atoms with van der Waals surface area (Å²) in [5, 5.41) is 15.9. The Morgan fingerprint density at radius 3 is 2.45 bits per heavy atom. The highest BCUT2D eigenvalue weighted by atomic mass is 35.5. The van der Waals surface area contributed by atoms with Crippen molar-refractivity contribution in [3.05, 3.63) is 40.3 Å². The minimum atomic E-state index is -0.0802. The molecule has 1 aromatic carbocycles. The van der Waals surface area contributed by atoms with Crippen LogP contribution in [0.15, 0.2) is 18.2 Å². The van der Waals surface area contributed by atoms with E-state index in [2.05, 4.69) is 10.6 Å². The van der Waals surface area contributed by atoms with Gasteiger partial charge in [-0.3, -0.25) is 4.79 Å². The van der Waals surface area contributed by atoms with Crippen molar-refractivity contribution < 1.29 is 9.90 Å². The molecule has 0 aliphatic heterocycles. The van der Waals surface area contributed by atoms with Crippen molar-refractivity contribution >= 4 is 17.5 Å². The van der Waals surface area contributed by atoms with Crippen LogP contribution in [0, 0.1) is 5.92 Å². The molecule has 0 bridgehead atoms. The summed E-state index contributed by atoms with van der Waals surface area (Å²) in [6.45, 7) is 3.61. The minimum Gasteiger partial charge on any atom is -0.395 e. The maximum atomic E-state index is 12.6. The number of amides is 1. The predicted molar refractivity (Wildman–Crippen MR) is 126 cm³/mol. The molecule has 1 radical (unpaired) electrons. The van der Waals surface area contributed by atoms with Crippen molar-refractivity contribution in [2.24, 2.45) is 0 Å². The van der Waals surface area contributed by atoms with E-state index in [1.807, 2.05) is 25.1 Å². The lowest BCUT2D eigenvalue weighted by Crippen LogP contribution is -2.30. The van der Waals surface area contributed by atoms with Crippen molar-refractivity contribution in [2.75, 3.05) is 19.7 Å². The van der Waals surface area contributed by atoms with Gasteiger partial charge in [-0.15, -0.1) is 0 Å². The zero-order valence-electron chi connectivity index (χ0n) is 16.5. The SMILES string of the molecule is C.C.CC(CO)NCCCc1ccc(Cl)c(C(=O)NC[C]2CCCCCCC2)c1. The molecule has 0 spiro atoms. The Morgan fingerprint density at radius 1 is 1.14 bits per heavy atom.